The maximum atomic E-state index is 11.8. The molecule has 2 unspecified atom stereocenters. The Kier molecular flexibility index (Phi) is 6.20. The van der Waals surface area contributed by atoms with Gasteiger partial charge in [0, 0.05) is 28.2 Å². The number of nitrogens with one attached hydrogen (secondary N) is 1. The monoisotopic (exact) mass is 478 g/mol. The van der Waals surface area contributed by atoms with Crippen LogP contribution in [0.1, 0.15) is 51.2 Å². The van der Waals surface area contributed by atoms with Crippen molar-refractivity contribution in [1.29, 1.82) is 0 Å². The average Bonchev–Trinajstić information content (AvgIpc) is 2.80. The van der Waals surface area contributed by atoms with Crippen LogP contribution in [-0.2, 0) is 4.74 Å². The zero-order valence-corrected chi connectivity index (χ0v) is 18.9. The van der Waals surface area contributed by atoms with Crippen LogP contribution in [0.25, 0.3) is 0 Å². The van der Waals surface area contributed by atoms with Crippen LogP contribution in [0.2, 0.25) is 0 Å². The lowest BCUT2D eigenvalue weighted by Crippen LogP contribution is -2.33. The number of rotatable bonds is 4. The largest absolute Gasteiger partial charge is 0.508 e. The van der Waals surface area contributed by atoms with E-state index in [4.69, 9.17) is 9.73 Å². The Labute approximate surface area is 189 Å². The molecule has 6 heteroatoms. The first-order chi connectivity index (χ1) is 14.9. The topological polar surface area (TPSA) is 70.9 Å². The minimum absolute atomic E-state index is 0.128. The number of nitrogens with zero attached hydrogens (tertiary/aromatic N) is 1. The Balaban J connectivity index is 1.73. The summed E-state index contributed by atoms with van der Waals surface area (Å²) in [7, 11) is 1.37. The molecule has 2 atom stereocenters. The SMILES string of the molecule is COC(=O)c1ccc(C2N=C(c3ccc(C)cc3)CC(c3cc(Br)ccc3O)N2)cc1. The first kappa shape index (κ1) is 21.3. The fourth-order valence-electron chi connectivity index (χ4n) is 3.72. The highest BCUT2D eigenvalue weighted by molar-refractivity contribution is 9.10. The summed E-state index contributed by atoms with van der Waals surface area (Å²) in [6.07, 6.45) is 0.323. The van der Waals surface area contributed by atoms with E-state index in [9.17, 15) is 9.90 Å². The van der Waals surface area contributed by atoms with Crippen molar-refractivity contribution in [1.82, 2.24) is 5.32 Å². The van der Waals surface area contributed by atoms with Gasteiger partial charge in [-0.1, -0.05) is 57.9 Å². The fraction of sp³-hybridized carbons (Fsp3) is 0.200. The molecule has 4 rings (SSSR count). The quantitative estimate of drug-likeness (QED) is 0.487. The lowest BCUT2D eigenvalue weighted by Gasteiger charge is -2.31. The van der Waals surface area contributed by atoms with Gasteiger partial charge in [0.15, 0.2) is 0 Å². The third-order valence-corrected chi connectivity index (χ3v) is 5.93. The molecule has 0 spiro atoms. The van der Waals surface area contributed by atoms with E-state index in [2.05, 4.69) is 52.4 Å². The predicted octanol–water partition coefficient (Wildman–Crippen LogP) is 5.47. The number of hydrogen-bond donors (Lipinski definition) is 2. The van der Waals surface area contributed by atoms with Crippen molar-refractivity contribution in [3.05, 3.63) is 99.0 Å². The van der Waals surface area contributed by atoms with Crippen LogP contribution in [0.3, 0.4) is 0 Å². The summed E-state index contributed by atoms with van der Waals surface area (Å²) in [5.74, 6) is -0.130. The maximum Gasteiger partial charge on any atom is 0.337 e. The number of hydrogen-bond acceptors (Lipinski definition) is 5. The molecule has 0 bridgehead atoms. The summed E-state index contributed by atoms with van der Waals surface area (Å²) < 4.78 is 5.69. The van der Waals surface area contributed by atoms with E-state index in [-0.39, 0.29) is 23.9 Å². The van der Waals surface area contributed by atoms with Gasteiger partial charge in [-0.05, 0) is 48.4 Å². The predicted molar refractivity (Wildman–Crippen MR) is 125 cm³/mol. The second-order valence-corrected chi connectivity index (χ2v) is 8.50. The third kappa shape index (κ3) is 4.70. The summed E-state index contributed by atoms with van der Waals surface area (Å²) in [4.78, 5) is 16.7. The molecule has 5 nitrogen and oxygen atoms in total. The zero-order chi connectivity index (χ0) is 22.0. The molecule has 0 aliphatic carbocycles. The van der Waals surface area contributed by atoms with Gasteiger partial charge in [-0.2, -0.15) is 0 Å². The number of phenols is 1. The molecule has 2 N–H and O–H groups in total. The minimum Gasteiger partial charge on any atom is -0.508 e. The first-order valence-corrected chi connectivity index (χ1v) is 10.8. The van der Waals surface area contributed by atoms with E-state index in [0.717, 1.165) is 26.9 Å². The molecule has 0 radical (unpaired) electrons. The second kappa shape index (κ2) is 9.04. The van der Waals surface area contributed by atoms with Crippen LogP contribution in [0.15, 0.2) is 76.2 Å². The second-order valence-electron chi connectivity index (χ2n) is 7.58. The molecule has 31 heavy (non-hydrogen) atoms. The Bertz CT molecular complexity index is 1120. The maximum absolute atomic E-state index is 11.8. The normalized spacial score (nSPS) is 18.4. The van der Waals surface area contributed by atoms with Gasteiger partial charge >= 0.3 is 5.97 Å². The van der Waals surface area contributed by atoms with E-state index in [0.29, 0.717) is 12.0 Å². The highest BCUT2D eigenvalue weighted by Gasteiger charge is 2.28. The fourth-order valence-corrected chi connectivity index (χ4v) is 4.10. The average molecular weight is 479 g/mol. The van der Waals surface area contributed by atoms with E-state index in [1.54, 1.807) is 18.2 Å². The number of ether oxygens (including phenoxy) is 1. The highest BCUT2D eigenvalue weighted by Crippen LogP contribution is 2.35. The zero-order valence-electron chi connectivity index (χ0n) is 17.3. The summed E-state index contributed by atoms with van der Waals surface area (Å²) in [6.45, 7) is 2.06. The Morgan fingerprint density at radius 3 is 2.48 bits per heavy atom. The van der Waals surface area contributed by atoms with Gasteiger partial charge in [-0.3, -0.25) is 10.3 Å². The van der Waals surface area contributed by atoms with Crippen molar-refractivity contribution in [3.8, 4) is 5.75 Å². The summed E-state index contributed by atoms with van der Waals surface area (Å²) in [5, 5.41) is 14.1. The van der Waals surface area contributed by atoms with Gasteiger partial charge in [0.25, 0.3) is 0 Å². The molecule has 3 aromatic carbocycles. The molecule has 0 saturated heterocycles. The number of methoxy groups -OCH3 is 1. The number of esters is 1. The molecule has 0 fully saturated rings. The van der Waals surface area contributed by atoms with E-state index in [1.807, 2.05) is 24.3 Å². The number of phenolic OH excluding ortho intramolecular Hbond substituents is 1. The van der Waals surface area contributed by atoms with Crippen molar-refractivity contribution in [2.45, 2.75) is 25.6 Å². The molecule has 0 amide bonds. The molecule has 158 valence electrons. The summed E-state index contributed by atoms with van der Waals surface area (Å²) in [6, 6.07) is 20.9. The minimum atomic E-state index is -0.371. The Hall–Kier alpha value is -2.96. The van der Waals surface area contributed by atoms with Crippen LogP contribution in [0, 0.1) is 6.92 Å². The van der Waals surface area contributed by atoms with Crippen molar-refractivity contribution in [2.24, 2.45) is 4.99 Å². The third-order valence-electron chi connectivity index (χ3n) is 5.44. The highest BCUT2D eigenvalue weighted by atomic mass is 79.9. The standard InChI is InChI=1S/C25H23BrN2O3/c1-15-3-5-16(6-4-15)21-14-22(20-13-19(26)11-12-23(20)29)28-24(27-21)17-7-9-18(10-8-17)25(30)31-2/h3-13,22,24,28-29H,14H2,1-2H3. The smallest absolute Gasteiger partial charge is 0.337 e. The molecule has 0 aromatic heterocycles. The molecular formula is C25H23BrN2O3. The van der Waals surface area contributed by atoms with Crippen molar-refractivity contribution >= 4 is 27.6 Å². The number of aromatic hydroxyl groups is 1. The van der Waals surface area contributed by atoms with Gasteiger partial charge in [0.05, 0.1) is 12.7 Å². The van der Waals surface area contributed by atoms with Crippen LogP contribution in [-0.4, -0.2) is 23.9 Å². The van der Waals surface area contributed by atoms with E-state index >= 15 is 0 Å². The number of halogens is 1. The lowest BCUT2D eigenvalue weighted by molar-refractivity contribution is 0.0600. The van der Waals surface area contributed by atoms with Gasteiger partial charge < -0.3 is 9.84 Å². The van der Waals surface area contributed by atoms with E-state index < -0.39 is 0 Å². The van der Waals surface area contributed by atoms with Crippen LogP contribution in [0.4, 0.5) is 0 Å². The van der Waals surface area contributed by atoms with Crippen LogP contribution >= 0.6 is 15.9 Å². The van der Waals surface area contributed by atoms with Gasteiger partial charge in [0.2, 0.25) is 0 Å². The first-order valence-electron chi connectivity index (χ1n) is 10.0. The molecule has 1 heterocycles. The number of carbonyl (C=O) groups excluding carboxylic acids is 1. The molecule has 0 saturated carbocycles. The summed E-state index contributed by atoms with van der Waals surface area (Å²) in [5.41, 5.74) is 5.44. The molecular weight excluding hydrogens is 456 g/mol. The molecule has 1 aliphatic rings. The molecule has 3 aromatic rings. The van der Waals surface area contributed by atoms with Crippen LogP contribution in [0.5, 0.6) is 5.75 Å². The lowest BCUT2D eigenvalue weighted by atomic mass is 9.93. The van der Waals surface area contributed by atoms with Crippen molar-refractivity contribution in [3.63, 3.8) is 0 Å². The Morgan fingerprint density at radius 1 is 1.10 bits per heavy atom. The Morgan fingerprint density at radius 2 is 1.81 bits per heavy atom. The van der Waals surface area contributed by atoms with Gasteiger partial charge in [-0.15, -0.1) is 0 Å². The number of carbonyl (C=O) groups is 1. The van der Waals surface area contributed by atoms with E-state index in [1.165, 1.54) is 12.7 Å². The van der Waals surface area contributed by atoms with Crippen molar-refractivity contribution in [2.75, 3.05) is 7.11 Å². The number of benzene rings is 3. The summed E-state index contributed by atoms with van der Waals surface area (Å²) >= 11 is 3.51. The number of aliphatic imine (C=N–C) groups is 1. The number of aryl methyl sites for hydroxylation is 1. The van der Waals surface area contributed by atoms with Crippen molar-refractivity contribution < 1.29 is 14.6 Å². The van der Waals surface area contributed by atoms with Gasteiger partial charge in [-0.25, -0.2) is 4.79 Å². The van der Waals surface area contributed by atoms with Gasteiger partial charge in [0.1, 0.15) is 11.9 Å². The van der Waals surface area contributed by atoms with Crippen LogP contribution < -0.4 is 5.32 Å². The molecule has 1 aliphatic heterocycles.